The van der Waals surface area contributed by atoms with Gasteiger partial charge in [0.15, 0.2) is 0 Å². The highest BCUT2D eigenvalue weighted by molar-refractivity contribution is 4.56. The summed E-state index contributed by atoms with van der Waals surface area (Å²) in [5, 5.41) is 9.68. The van der Waals surface area contributed by atoms with Crippen molar-refractivity contribution in [1.82, 2.24) is 0 Å². The third-order valence-electron chi connectivity index (χ3n) is 3.17. The second-order valence-electron chi connectivity index (χ2n) is 5.02. The zero-order valence-corrected chi connectivity index (χ0v) is 12.3. The first-order chi connectivity index (χ1) is 8.81. The van der Waals surface area contributed by atoms with Crippen LogP contribution in [-0.4, -0.2) is 31.7 Å². The van der Waals surface area contributed by atoms with Crippen LogP contribution in [0.4, 0.5) is 0 Å². The number of hydrogen-bond donors (Lipinski definition) is 1. The fourth-order valence-corrected chi connectivity index (χ4v) is 2.02. The molecule has 3 heteroatoms. The summed E-state index contributed by atoms with van der Waals surface area (Å²) in [6.45, 7) is 3.39. The van der Waals surface area contributed by atoms with E-state index in [0.717, 1.165) is 32.3 Å². The van der Waals surface area contributed by atoms with Gasteiger partial charge in [-0.3, -0.25) is 0 Å². The standard InChI is InChI=1S/C15H32O3/c1-3-4-11-15(16)12-9-7-5-6-8-10-13-18-14-17-2/h15-16H,3-14H2,1-2H3/t15-/m1/s1. The Labute approximate surface area is 113 Å². The summed E-state index contributed by atoms with van der Waals surface area (Å²) >= 11 is 0. The highest BCUT2D eigenvalue weighted by Crippen LogP contribution is 2.11. The van der Waals surface area contributed by atoms with E-state index in [4.69, 9.17) is 9.47 Å². The van der Waals surface area contributed by atoms with Crippen molar-refractivity contribution in [3.63, 3.8) is 0 Å². The van der Waals surface area contributed by atoms with Crippen molar-refractivity contribution < 1.29 is 14.6 Å². The Morgan fingerprint density at radius 2 is 1.50 bits per heavy atom. The van der Waals surface area contributed by atoms with Gasteiger partial charge in [0.25, 0.3) is 0 Å². The van der Waals surface area contributed by atoms with Crippen LogP contribution in [0.5, 0.6) is 0 Å². The molecule has 0 spiro atoms. The molecular formula is C15H32O3. The van der Waals surface area contributed by atoms with Crippen molar-refractivity contribution in [1.29, 1.82) is 0 Å². The van der Waals surface area contributed by atoms with Gasteiger partial charge in [-0.05, 0) is 19.3 Å². The van der Waals surface area contributed by atoms with E-state index in [1.807, 2.05) is 0 Å². The Hall–Kier alpha value is -0.120. The highest BCUT2D eigenvalue weighted by atomic mass is 16.7. The zero-order chi connectivity index (χ0) is 13.5. The molecule has 0 saturated carbocycles. The van der Waals surface area contributed by atoms with E-state index in [9.17, 15) is 5.11 Å². The molecule has 0 aromatic carbocycles. The summed E-state index contributed by atoms with van der Waals surface area (Å²) in [6, 6.07) is 0. The number of methoxy groups -OCH3 is 1. The van der Waals surface area contributed by atoms with Gasteiger partial charge in [-0.15, -0.1) is 0 Å². The Kier molecular flexibility index (Phi) is 14.8. The molecular weight excluding hydrogens is 228 g/mol. The fourth-order valence-electron chi connectivity index (χ4n) is 2.02. The molecule has 0 amide bonds. The van der Waals surface area contributed by atoms with Gasteiger partial charge in [0.2, 0.25) is 0 Å². The van der Waals surface area contributed by atoms with Gasteiger partial charge in [0.05, 0.1) is 6.10 Å². The lowest BCUT2D eigenvalue weighted by Crippen LogP contribution is -2.05. The van der Waals surface area contributed by atoms with Crippen molar-refractivity contribution in [2.75, 3.05) is 20.5 Å². The maximum atomic E-state index is 9.68. The van der Waals surface area contributed by atoms with E-state index in [2.05, 4.69) is 6.92 Å². The van der Waals surface area contributed by atoms with Gasteiger partial charge in [-0.1, -0.05) is 51.9 Å². The van der Waals surface area contributed by atoms with Crippen molar-refractivity contribution >= 4 is 0 Å². The summed E-state index contributed by atoms with van der Waals surface area (Å²) in [6.07, 6.45) is 11.6. The minimum absolute atomic E-state index is 0.0626. The van der Waals surface area contributed by atoms with Crippen LogP contribution in [0.15, 0.2) is 0 Å². The van der Waals surface area contributed by atoms with Crippen LogP contribution in [-0.2, 0) is 9.47 Å². The topological polar surface area (TPSA) is 38.7 Å². The SMILES string of the molecule is CCCC[C@@H](O)CCCCCCCCOCOC. The molecule has 3 nitrogen and oxygen atoms in total. The average Bonchev–Trinajstić information content (AvgIpc) is 2.38. The lowest BCUT2D eigenvalue weighted by atomic mass is 10.0. The molecule has 0 heterocycles. The molecule has 110 valence electrons. The predicted octanol–water partition coefficient (Wildman–Crippen LogP) is 3.89. The molecule has 0 bridgehead atoms. The van der Waals surface area contributed by atoms with E-state index < -0.39 is 0 Å². The van der Waals surface area contributed by atoms with Crippen molar-refractivity contribution in [2.45, 2.75) is 77.2 Å². The van der Waals surface area contributed by atoms with Gasteiger partial charge in [0.1, 0.15) is 6.79 Å². The van der Waals surface area contributed by atoms with E-state index in [-0.39, 0.29) is 6.10 Å². The van der Waals surface area contributed by atoms with E-state index in [1.54, 1.807) is 7.11 Å². The van der Waals surface area contributed by atoms with Crippen LogP contribution in [0.3, 0.4) is 0 Å². The van der Waals surface area contributed by atoms with Crippen LogP contribution in [0.25, 0.3) is 0 Å². The quantitative estimate of drug-likeness (QED) is 0.380. The van der Waals surface area contributed by atoms with Gasteiger partial charge in [0, 0.05) is 13.7 Å². The third-order valence-corrected chi connectivity index (χ3v) is 3.17. The molecule has 0 unspecified atom stereocenters. The largest absolute Gasteiger partial charge is 0.393 e. The second kappa shape index (κ2) is 14.9. The van der Waals surface area contributed by atoms with Gasteiger partial charge >= 0.3 is 0 Å². The molecule has 1 N–H and O–H groups in total. The number of hydrogen-bond acceptors (Lipinski definition) is 3. The van der Waals surface area contributed by atoms with Crippen molar-refractivity contribution in [2.24, 2.45) is 0 Å². The van der Waals surface area contributed by atoms with Gasteiger partial charge in [-0.2, -0.15) is 0 Å². The Bertz CT molecular complexity index is 151. The van der Waals surface area contributed by atoms with Crippen LogP contribution < -0.4 is 0 Å². The monoisotopic (exact) mass is 260 g/mol. The lowest BCUT2D eigenvalue weighted by molar-refractivity contribution is -0.0315. The lowest BCUT2D eigenvalue weighted by Gasteiger charge is -2.09. The van der Waals surface area contributed by atoms with Crippen molar-refractivity contribution in [3.8, 4) is 0 Å². The summed E-state index contributed by atoms with van der Waals surface area (Å²) in [4.78, 5) is 0. The molecule has 1 atom stereocenters. The van der Waals surface area contributed by atoms with Crippen LogP contribution in [0, 0.1) is 0 Å². The predicted molar refractivity (Wildman–Crippen MR) is 75.7 cm³/mol. The van der Waals surface area contributed by atoms with E-state index in [0.29, 0.717) is 6.79 Å². The molecule has 0 saturated heterocycles. The molecule has 0 aliphatic carbocycles. The number of ether oxygens (including phenoxy) is 2. The second-order valence-corrected chi connectivity index (χ2v) is 5.02. The minimum atomic E-state index is -0.0626. The Morgan fingerprint density at radius 3 is 2.17 bits per heavy atom. The Morgan fingerprint density at radius 1 is 0.889 bits per heavy atom. The first-order valence-corrected chi connectivity index (χ1v) is 7.56. The third kappa shape index (κ3) is 13.9. The molecule has 0 aromatic rings. The van der Waals surface area contributed by atoms with Gasteiger partial charge in [-0.25, -0.2) is 0 Å². The van der Waals surface area contributed by atoms with Crippen molar-refractivity contribution in [3.05, 3.63) is 0 Å². The first-order valence-electron chi connectivity index (χ1n) is 7.56. The van der Waals surface area contributed by atoms with Crippen LogP contribution >= 0.6 is 0 Å². The fraction of sp³-hybridized carbons (Fsp3) is 1.00. The molecule has 0 rings (SSSR count). The first kappa shape index (κ1) is 17.9. The van der Waals surface area contributed by atoms with Crippen LogP contribution in [0.2, 0.25) is 0 Å². The normalized spacial score (nSPS) is 12.8. The molecule has 0 aliphatic heterocycles. The maximum absolute atomic E-state index is 9.68. The highest BCUT2D eigenvalue weighted by Gasteiger charge is 2.02. The summed E-state index contributed by atoms with van der Waals surface area (Å²) < 4.78 is 10.0. The minimum Gasteiger partial charge on any atom is -0.393 e. The molecule has 0 radical (unpaired) electrons. The number of aliphatic hydroxyl groups is 1. The average molecular weight is 260 g/mol. The maximum Gasteiger partial charge on any atom is 0.146 e. The number of aliphatic hydroxyl groups excluding tert-OH is 1. The number of rotatable bonds is 14. The summed E-state index contributed by atoms with van der Waals surface area (Å²) in [7, 11) is 1.65. The number of unbranched alkanes of at least 4 members (excludes halogenated alkanes) is 6. The molecule has 0 fully saturated rings. The molecule has 0 aliphatic rings. The molecule has 0 aromatic heterocycles. The van der Waals surface area contributed by atoms with E-state index in [1.165, 1.54) is 38.5 Å². The Balaban J connectivity index is 3.02. The van der Waals surface area contributed by atoms with E-state index >= 15 is 0 Å². The summed E-state index contributed by atoms with van der Waals surface area (Å²) in [5.74, 6) is 0. The summed E-state index contributed by atoms with van der Waals surface area (Å²) in [5.41, 5.74) is 0. The smallest absolute Gasteiger partial charge is 0.146 e. The zero-order valence-electron chi connectivity index (χ0n) is 12.3. The molecule has 18 heavy (non-hydrogen) atoms. The van der Waals surface area contributed by atoms with Gasteiger partial charge < -0.3 is 14.6 Å². The van der Waals surface area contributed by atoms with Crippen LogP contribution in [0.1, 0.15) is 71.1 Å².